The van der Waals surface area contributed by atoms with Crippen LogP contribution in [-0.2, 0) is 30.7 Å². The van der Waals surface area contributed by atoms with Crippen LogP contribution < -0.4 is 4.74 Å². The molecule has 120 valence electrons. The molecule has 0 N–H and O–H groups in total. The van der Waals surface area contributed by atoms with E-state index in [0.717, 1.165) is 48.8 Å². The fourth-order valence-electron chi connectivity index (χ4n) is 3.42. The van der Waals surface area contributed by atoms with E-state index >= 15 is 0 Å². The smallest absolute Gasteiger partial charge is 0.229 e. The lowest BCUT2D eigenvalue weighted by Crippen LogP contribution is -2.38. The van der Waals surface area contributed by atoms with Crippen LogP contribution in [0.25, 0.3) is 0 Å². The highest BCUT2D eigenvalue weighted by molar-refractivity contribution is 5.79. The molecule has 0 saturated heterocycles. The second kappa shape index (κ2) is 5.68. The monoisotopic (exact) mass is 312 g/mol. The minimum Gasteiger partial charge on any atom is -0.492 e. The van der Waals surface area contributed by atoms with Crippen molar-refractivity contribution in [3.05, 3.63) is 41.5 Å². The van der Waals surface area contributed by atoms with Gasteiger partial charge in [0.1, 0.15) is 18.2 Å². The molecule has 1 amide bonds. The summed E-state index contributed by atoms with van der Waals surface area (Å²) in [5, 5.41) is 8.43. The Morgan fingerprint density at radius 3 is 3.17 bits per heavy atom. The van der Waals surface area contributed by atoms with Gasteiger partial charge in [-0.25, -0.2) is 0 Å². The maximum absolute atomic E-state index is 12.7. The molecule has 23 heavy (non-hydrogen) atoms. The van der Waals surface area contributed by atoms with Crippen LogP contribution in [0.5, 0.6) is 5.75 Å². The number of fused-ring (bicyclic) bond motifs is 2. The summed E-state index contributed by atoms with van der Waals surface area (Å²) in [5.41, 5.74) is 1.11. The zero-order valence-corrected chi connectivity index (χ0v) is 13.2. The Labute approximate surface area is 135 Å². The second-order valence-electron chi connectivity index (χ2n) is 6.30. The number of hydrogen-bond acceptors (Lipinski definition) is 4. The summed E-state index contributed by atoms with van der Waals surface area (Å²) in [5.74, 6) is 2.79. The number of aryl methyl sites for hydroxylation is 1. The maximum Gasteiger partial charge on any atom is 0.229 e. The van der Waals surface area contributed by atoms with Gasteiger partial charge in [0.25, 0.3) is 0 Å². The summed E-state index contributed by atoms with van der Waals surface area (Å²) in [6.45, 7) is 1.90. The first-order valence-corrected chi connectivity index (χ1v) is 8.09. The van der Waals surface area contributed by atoms with Gasteiger partial charge >= 0.3 is 0 Å². The Balaban J connectivity index is 1.45. The van der Waals surface area contributed by atoms with Crippen LogP contribution in [0.3, 0.4) is 0 Å². The van der Waals surface area contributed by atoms with E-state index in [4.69, 9.17) is 4.74 Å². The average molecular weight is 312 g/mol. The molecule has 3 heterocycles. The number of carbonyl (C=O) groups is 1. The van der Waals surface area contributed by atoms with Gasteiger partial charge in [-0.15, -0.1) is 10.2 Å². The fourth-order valence-corrected chi connectivity index (χ4v) is 3.42. The SMILES string of the molecule is CN(Cc1nnc2n1CCC2)C(=O)[C@H]1COc2ccccc2C1. The second-order valence-corrected chi connectivity index (χ2v) is 6.30. The Hall–Kier alpha value is -2.37. The van der Waals surface area contributed by atoms with E-state index in [1.165, 1.54) is 0 Å². The average Bonchev–Trinajstić information content (AvgIpc) is 3.18. The molecule has 0 fully saturated rings. The lowest BCUT2D eigenvalue weighted by molar-refractivity contribution is -0.136. The van der Waals surface area contributed by atoms with E-state index in [0.29, 0.717) is 13.2 Å². The summed E-state index contributed by atoms with van der Waals surface area (Å²) in [6.07, 6.45) is 2.83. The first-order valence-electron chi connectivity index (χ1n) is 8.09. The number of para-hydroxylation sites is 1. The van der Waals surface area contributed by atoms with Gasteiger partial charge in [-0.1, -0.05) is 18.2 Å². The van der Waals surface area contributed by atoms with Crippen molar-refractivity contribution in [2.75, 3.05) is 13.7 Å². The molecule has 0 unspecified atom stereocenters. The Kier molecular flexibility index (Phi) is 3.52. The van der Waals surface area contributed by atoms with Gasteiger partial charge in [0, 0.05) is 20.0 Å². The van der Waals surface area contributed by atoms with Crippen LogP contribution in [0.2, 0.25) is 0 Å². The third-order valence-corrected chi connectivity index (χ3v) is 4.67. The van der Waals surface area contributed by atoms with E-state index in [2.05, 4.69) is 14.8 Å². The highest BCUT2D eigenvalue weighted by atomic mass is 16.5. The van der Waals surface area contributed by atoms with Crippen molar-refractivity contribution < 1.29 is 9.53 Å². The minimum absolute atomic E-state index is 0.106. The first-order chi connectivity index (χ1) is 11.2. The van der Waals surface area contributed by atoms with Crippen molar-refractivity contribution >= 4 is 5.91 Å². The predicted octanol–water partition coefficient (Wildman–Crippen LogP) is 1.43. The number of ether oxygens (including phenoxy) is 1. The Morgan fingerprint density at radius 2 is 2.26 bits per heavy atom. The van der Waals surface area contributed by atoms with Crippen molar-refractivity contribution in [3.8, 4) is 5.75 Å². The minimum atomic E-state index is -0.129. The lowest BCUT2D eigenvalue weighted by atomic mass is 9.95. The molecular weight excluding hydrogens is 292 g/mol. The molecule has 0 aliphatic carbocycles. The standard InChI is InChI=1S/C17H20N4O2/c1-20(10-16-19-18-15-7-4-8-21(15)16)17(22)13-9-12-5-2-3-6-14(12)23-11-13/h2-3,5-6,13H,4,7-11H2,1H3/t13-/m1/s1. The topological polar surface area (TPSA) is 60.2 Å². The van der Waals surface area contributed by atoms with Crippen molar-refractivity contribution in [3.63, 3.8) is 0 Å². The van der Waals surface area contributed by atoms with Crippen molar-refractivity contribution in [1.82, 2.24) is 19.7 Å². The van der Waals surface area contributed by atoms with Crippen LogP contribution in [0, 0.1) is 5.92 Å². The van der Waals surface area contributed by atoms with E-state index in [-0.39, 0.29) is 11.8 Å². The number of carbonyl (C=O) groups excluding carboxylic acids is 1. The number of hydrogen-bond donors (Lipinski definition) is 0. The molecule has 4 rings (SSSR count). The Bertz CT molecular complexity index is 740. The van der Waals surface area contributed by atoms with Crippen LogP contribution in [0.1, 0.15) is 23.6 Å². The zero-order valence-electron chi connectivity index (χ0n) is 13.2. The number of amides is 1. The van der Waals surface area contributed by atoms with Crippen LogP contribution in [-0.4, -0.2) is 39.2 Å². The molecule has 6 heteroatoms. The van der Waals surface area contributed by atoms with E-state index in [9.17, 15) is 4.79 Å². The molecular formula is C17H20N4O2. The largest absolute Gasteiger partial charge is 0.492 e. The molecule has 2 aliphatic heterocycles. The number of aromatic nitrogens is 3. The fraction of sp³-hybridized carbons (Fsp3) is 0.471. The highest BCUT2D eigenvalue weighted by Crippen LogP contribution is 2.27. The normalized spacial score (nSPS) is 18.9. The Morgan fingerprint density at radius 1 is 1.39 bits per heavy atom. The maximum atomic E-state index is 12.7. The van der Waals surface area contributed by atoms with Crippen LogP contribution in [0.15, 0.2) is 24.3 Å². The molecule has 0 bridgehead atoms. The number of benzene rings is 1. The summed E-state index contributed by atoms with van der Waals surface area (Å²) < 4.78 is 7.87. The molecule has 1 atom stereocenters. The summed E-state index contributed by atoms with van der Waals surface area (Å²) >= 11 is 0. The molecule has 0 saturated carbocycles. The number of nitrogens with zero attached hydrogens (tertiary/aromatic N) is 4. The van der Waals surface area contributed by atoms with E-state index < -0.39 is 0 Å². The summed E-state index contributed by atoms with van der Waals surface area (Å²) in [4.78, 5) is 14.5. The third kappa shape index (κ3) is 2.58. The van der Waals surface area contributed by atoms with Gasteiger partial charge in [-0.3, -0.25) is 4.79 Å². The van der Waals surface area contributed by atoms with Gasteiger partial charge in [-0.05, 0) is 24.5 Å². The van der Waals surface area contributed by atoms with Crippen molar-refractivity contribution in [1.29, 1.82) is 0 Å². The van der Waals surface area contributed by atoms with Gasteiger partial charge < -0.3 is 14.2 Å². The van der Waals surface area contributed by atoms with Gasteiger partial charge in [0.2, 0.25) is 5.91 Å². The molecule has 6 nitrogen and oxygen atoms in total. The first kappa shape index (κ1) is 14.2. The van der Waals surface area contributed by atoms with Crippen LogP contribution >= 0.6 is 0 Å². The van der Waals surface area contributed by atoms with Gasteiger partial charge in [0.15, 0.2) is 5.82 Å². The third-order valence-electron chi connectivity index (χ3n) is 4.67. The molecule has 1 aromatic heterocycles. The van der Waals surface area contributed by atoms with Gasteiger partial charge in [0.05, 0.1) is 12.5 Å². The van der Waals surface area contributed by atoms with Crippen molar-refractivity contribution in [2.24, 2.45) is 5.92 Å². The molecule has 1 aromatic carbocycles. The van der Waals surface area contributed by atoms with E-state index in [1.807, 2.05) is 31.3 Å². The molecule has 0 radical (unpaired) electrons. The highest BCUT2D eigenvalue weighted by Gasteiger charge is 2.29. The predicted molar refractivity (Wildman–Crippen MR) is 83.9 cm³/mol. The molecule has 2 aliphatic rings. The lowest BCUT2D eigenvalue weighted by Gasteiger charge is -2.28. The zero-order chi connectivity index (χ0) is 15.8. The van der Waals surface area contributed by atoms with Crippen LogP contribution in [0.4, 0.5) is 0 Å². The van der Waals surface area contributed by atoms with Gasteiger partial charge in [-0.2, -0.15) is 0 Å². The summed E-state index contributed by atoms with van der Waals surface area (Å²) in [6, 6.07) is 7.93. The van der Waals surface area contributed by atoms with Crippen molar-refractivity contribution in [2.45, 2.75) is 32.4 Å². The molecule has 0 spiro atoms. The quantitative estimate of drug-likeness (QED) is 0.860. The number of rotatable bonds is 3. The van der Waals surface area contributed by atoms with E-state index in [1.54, 1.807) is 4.90 Å². The summed E-state index contributed by atoms with van der Waals surface area (Å²) in [7, 11) is 1.83. The molecule has 2 aromatic rings.